The number of fused-ring (bicyclic) bond motifs is 5. The maximum atomic E-state index is 12.7. The predicted molar refractivity (Wildman–Crippen MR) is 101 cm³/mol. The number of benzene rings is 2. The highest BCUT2D eigenvalue weighted by atomic mass is 16.1. The SMILES string of the molecule is O=C(Cc1ccccc1)NC1c2ccccc2-c2[nH]c(=O)c3nccn3c21. The normalized spacial score (nSPS) is 14.7. The molecule has 6 nitrogen and oxygen atoms in total. The van der Waals surface area contributed by atoms with Crippen molar-refractivity contribution < 1.29 is 4.79 Å². The Hall–Kier alpha value is -3.67. The molecular formula is C21H16N4O2. The molecule has 132 valence electrons. The van der Waals surface area contributed by atoms with Gasteiger partial charge >= 0.3 is 0 Å². The first kappa shape index (κ1) is 15.6. The number of carbonyl (C=O) groups is 1. The fraction of sp³-hybridized carbons (Fsp3) is 0.0952. The van der Waals surface area contributed by atoms with Gasteiger partial charge in [0.15, 0.2) is 0 Å². The lowest BCUT2D eigenvalue weighted by Gasteiger charge is -2.17. The number of aromatic amines is 1. The monoisotopic (exact) mass is 356 g/mol. The minimum absolute atomic E-state index is 0.0756. The van der Waals surface area contributed by atoms with E-state index in [4.69, 9.17) is 0 Å². The zero-order valence-electron chi connectivity index (χ0n) is 14.3. The van der Waals surface area contributed by atoms with Crippen LogP contribution in [-0.2, 0) is 11.2 Å². The van der Waals surface area contributed by atoms with E-state index in [-0.39, 0.29) is 17.5 Å². The van der Waals surface area contributed by atoms with Crippen molar-refractivity contribution in [1.29, 1.82) is 0 Å². The number of aromatic nitrogens is 3. The van der Waals surface area contributed by atoms with Crippen molar-refractivity contribution in [3.63, 3.8) is 0 Å². The van der Waals surface area contributed by atoms with Gasteiger partial charge in [-0.05, 0) is 11.1 Å². The van der Waals surface area contributed by atoms with E-state index in [0.29, 0.717) is 12.1 Å². The van der Waals surface area contributed by atoms with E-state index in [0.717, 1.165) is 28.1 Å². The Bertz CT molecular complexity index is 1220. The maximum Gasteiger partial charge on any atom is 0.292 e. The number of hydrogen-bond donors (Lipinski definition) is 2. The van der Waals surface area contributed by atoms with E-state index >= 15 is 0 Å². The van der Waals surface area contributed by atoms with Crippen LogP contribution < -0.4 is 10.9 Å². The van der Waals surface area contributed by atoms with Gasteiger partial charge in [0.1, 0.15) is 0 Å². The van der Waals surface area contributed by atoms with E-state index in [1.807, 2.05) is 54.6 Å². The number of nitrogens with one attached hydrogen (secondary N) is 2. The zero-order chi connectivity index (χ0) is 18.4. The van der Waals surface area contributed by atoms with Crippen LogP contribution in [0.2, 0.25) is 0 Å². The first-order valence-electron chi connectivity index (χ1n) is 8.74. The predicted octanol–water partition coefficient (Wildman–Crippen LogP) is 2.45. The second kappa shape index (κ2) is 5.95. The van der Waals surface area contributed by atoms with Crippen molar-refractivity contribution in [3.05, 3.63) is 94.2 Å². The van der Waals surface area contributed by atoms with Crippen molar-refractivity contribution in [3.8, 4) is 11.3 Å². The van der Waals surface area contributed by atoms with Crippen molar-refractivity contribution in [2.45, 2.75) is 12.5 Å². The lowest BCUT2D eigenvalue weighted by atomic mass is 10.1. The molecule has 2 aromatic heterocycles. The Morgan fingerprint density at radius 2 is 1.89 bits per heavy atom. The highest BCUT2D eigenvalue weighted by Crippen LogP contribution is 2.41. The summed E-state index contributed by atoms with van der Waals surface area (Å²) >= 11 is 0. The lowest BCUT2D eigenvalue weighted by Crippen LogP contribution is -2.31. The van der Waals surface area contributed by atoms with Gasteiger partial charge < -0.3 is 10.3 Å². The van der Waals surface area contributed by atoms with Crippen LogP contribution in [0.4, 0.5) is 0 Å². The number of rotatable bonds is 3. The van der Waals surface area contributed by atoms with Crippen LogP contribution in [0, 0.1) is 0 Å². The van der Waals surface area contributed by atoms with E-state index in [1.165, 1.54) is 0 Å². The van der Waals surface area contributed by atoms with Crippen LogP contribution in [0.3, 0.4) is 0 Å². The summed E-state index contributed by atoms with van der Waals surface area (Å²) in [6.45, 7) is 0. The van der Waals surface area contributed by atoms with Gasteiger partial charge in [0.05, 0.1) is 23.9 Å². The topological polar surface area (TPSA) is 79.3 Å². The Morgan fingerprint density at radius 1 is 1.11 bits per heavy atom. The molecule has 1 amide bonds. The molecule has 0 aliphatic heterocycles. The fourth-order valence-corrected chi connectivity index (χ4v) is 3.77. The maximum absolute atomic E-state index is 12.7. The van der Waals surface area contributed by atoms with Gasteiger partial charge in [-0.15, -0.1) is 0 Å². The second-order valence-corrected chi connectivity index (χ2v) is 6.59. The number of carbonyl (C=O) groups excluding carboxylic acids is 1. The van der Waals surface area contributed by atoms with E-state index in [9.17, 15) is 9.59 Å². The Morgan fingerprint density at radius 3 is 2.74 bits per heavy atom. The molecule has 1 unspecified atom stereocenters. The molecule has 0 saturated heterocycles. The van der Waals surface area contributed by atoms with Crippen LogP contribution in [-0.4, -0.2) is 20.3 Å². The number of amides is 1. The smallest absolute Gasteiger partial charge is 0.292 e. The molecule has 2 heterocycles. The largest absolute Gasteiger partial charge is 0.343 e. The van der Waals surface area contributed by atoms with Gasteiger partial charge in [0, 0.05) is 18.0 Å². The molecule has 1 aliphatic rings. The van der Waals surface area contributed by atoms with Crippen molar-refractivity contribution in [1.82, 2.24) is 19.7 Å². The molecule has 0 bridgehead atoms. The number of nitrogens with zero attached hydrogens (tertiary/aromatic N) is 2. The third-order valence-corrected chi connectivity index (χ3v) is 4.93. The highest BCUT2D eigenvalue weighted by Gasteiger charge is 2.33. The molecule has 5 rings (SSSR count). The lowest BCUT2D eigenvalue weighted by molar-refractivity contribution is -0.120. The summed E-state index contributed by atoms with van der Waals surface area (Å²) < 4.78 is 1.77. The van der Waals surface area contributed by atoms with Crippen molar-refractivity contribution in [2.24, 2.45) is 0 Å². The summed E-state index contributed by atoms with van der Waals surface area (Å²) in [4.78, 5) is 32.2. The third-order valence-electron chi connectivity index (χ3n) is 4.93. The Labute approximate surface area is 154 Å². The summed E-state index contributed by atoms with van der Waals surface area (Å²) in [7, 11) is 0. The van der Waals surface area contributed by atoms with Crippen LogP contribution in [0.1, 0.15) is 22.9 Å². The third kappa shape index (κ3) is 2.45. The van der Waals surface area contributed by atoms with Gasteiger partial charge in [-0.1, -0.05) is 54.6 Å². The number of H-pyrrole nitrogens is 1. The molecule has 2 N–H and O–H groups in total. The van der Waals surface area contributed by atoms with Gasteiger partial charge in [-0.25, -0.2) is 4.98 Å². The van der Waals surface area contributed by atoms with Crippen LogP contribution in [0.5, 0.6) is 0 Å². The van der Waals surface area contributed by atoms with E-state index in [1.54, 1.807) is 16.8 Å². The summed E-state index contributed by atoms with van der Waals surface area (Å²) in [5.41, 5.74) is 4.47. The minimum atomic E-state index is -0.346. The Kier molecular flexibility index (Phi) is 3.43. The van der Waals surface area contributed by atoms with Crippen LogP contribution in [0.15, 0.2) is 71.8 Å². The zero-order valence-corrected chi connectivity index (χ0v) is 14.3. The molecule has 0 radical (unpaired) electrons. The van der Waals surface area contributed by atoms with Crippen LogP contribution in [0.25, 0.3) is 16.9 Å². The summed E-state index contributed by atoms with van der Waals surface area (Å²) in [5, 5.41) is 3.13. The summed E-state index contributed by atoms with van der Waals surface area (Å²) in [6, 6.07) is 17.1. The minimum Gasteiger partial charge on any atom is -0.343 e. The average molecular weight is 356 g/mol. The van der Waals surface area contributed by atoms with E-state index < -0.39 is 0 Å². The number of imidazole rings is 1. The molecule has 0 saturated carbocycles. The van der Waals surface area contributed by atoms with Gasteiger partial charge in [-0.2, -0.15) is 0 Å². The molecule has 27 heavy (non-hydrogen) atoms. The van der Waals surface area contributed by atoms with Crippen molar-refractivity contribution in [2.75, 3.05) is 0 Å². The molecule has 1 atom stereocenters. The summed E-state index contributed by atoms with van der Waals surface area (Å²) in [5.74, 6) is -0.0756. The first-order valence-corrected chi connectivity index (χ1v) is 8.74. The van der Waals surface area contributed by atoms with Crippen LogP contribution >= 0.6 is 0 Å². The molecule has 2 aromatic carbocycles. The second-order valence-electron chi connectivity index (χ2n) is 6.59. The Balaban J connectivity index is 1.60. The first-order chi connectivity index (χ1) is 13.2. The average Bonchev–Trinajstić information content (AvgIpc) is 3.27. The molecule has 6 heteroatoms. The summed E-state index contributed by atoms with van der Waals surface area (Å²) in [6.07, 6.45) is 3.65. The van der Waals surface area contributed by atoms with Crippen molar-refractivity contribution >= 4 is 11.6 Å². The van der Waals surface area contributed by atoms with Gasteiger partial charge in [0.2, 0.25) is 11.6 Å². The van der Waals surface area contributed by atoms with Gasteiger partial charge in [0.25, 0.3) is 5.56 Å². The highest BCUT2D eigenvalue weighted by molar-refractivity contribution is 5.83. The van der Waals surface area contributed by atoms with Gasteiger partial charge in [-0.3, -0.25) is 14.0 Å². The fourth-order valence-electron chi connectivity index (χ4n) is 3.77. The number of hydrogen-bond acceptors (Lipinski definition) is 3. The quantitative estimate of drug-likeness (QED) is 0.592. The molecular weight excluding hydrogens is 340 g/mol. The molecule has 0 spiro atoms. The molecule has 4 aromatic rings. The molecule has 0 fully saturated rings. The van der Waals surface area contributed by atoms with E-state index in [2.05, 4.69) is 15.3 Å². The standard InChI is InChI=1S/C21H16N4O2/c26-16(12-13-6-2-1-3-7-13)23-17-14-8-4-5-9-15(14)18-19(17)25-11-10-22-20(25)21(27)24-18/h1-11,17H,12H2,(H,23,26)(H,24,27). The molecule has 1 aliphatic carbocycles.